The molecule has 0 aliphatic heterocycles. The molecule has 7 nitrogen and oxygen atoms in total. The second-order valence-electron chi connectivity index (χ2n) is 8.04. The molecule has 11 heteroatoms. The molecule has 34 heavy (non-hydrogen) atoms. The third-order valence-electron chi connectivity index (χ3n) is 5.03. The second kappa shape index (κ2) is 11.0. The van der Waals surface area contributed by atoms with Gasteiger partial charge in [-0.05, 0) is 63.1 Å². The highest BCUT2D eigenvalue weighted by atomic mass is 32.2. The van der Waals surface area contributed by atoms with Gasteiger partial charge in [-0.1, -0.05) is 19.1 Å². The van der Waals surface area contributed by atoms with Crippen molar-refractivity contribution in [3.05, 3.63) is 53.6 Å². The SMILES string of the molecule is CC[C@@H](C)N(Cc1ccc(OC)c(OS(=O)(=O)c2cccc(C(F)(F)F)c2)c1)C(=O)NC(C)C. The van der Waals surface area contributed by atoms with Gasteiger partial charge in [0.25, 0.3) is 0 Å². The maximum Gasteiger partial charge on any atom is 0.416 e. The van der Waals surface area contributed by atoms with Crippen LogP contribution in [0, 0.1) is 0 Å². The fourth-order valence-corrected chi connectivity index (χ4v) is 4.03. The van der Waals surface area contributed by atoms with Crippen molar-refractivity contribution in [2.45, 2.75) is 63.8 Å². The Labute approximate surface area is 198 Å². The third kappa shape index (κ3) is 7.02. The van der Waals surface area contributed by atoms with Crippen LogP contribution in [0.15, 0.2) is 47.4 Å². The molecule has 0 fully saturated rings. The average molecular weight is 503 g/mol. The summed E-state index contributed by atoms with van der Waals surface area (Å²) < 4.78 is 74.9. The molecule has 2 rings (SSSR count). The van der Waals surface area contributed by atoms with Crippen LogP contribution in [-0.2, 0) is 22.8 Å². The molecule has 0 aliphatic rings. The van der Waals surface area contributed by atoms with Crippen LogP contribution in [0.1, 0.15) is 45.2 Å². The number of rotatable bonds is 9. The number of hydrogen-bond donors (Lipinski definition) is 1. The van der Waals surface area contributed by atoms with Crippen molar-refractivity contribution in [1.82, 2.24) is 10.2 Å². The summed E-state index contributed by atoms with van der Waals surface area (Å²) in [5.41, 5.74) is -0.563. The van der Waals surface area contributed by atoms with Crippen LogP contribution < -0.4 is 14.2 Å². The van der Waals surface area contributed by atoms with Crippen molar-refractivity contribution in [3.63, 3.8) is 0 Å². The lowest BCUT2D eigenvalue weighted by molar-refractivity contribution is -0.137. The quantitative estimate of drug-likeness (QED) is 0.477. The van der Waals surface area contributed by atoms with Gasteiger partial charge < -0.3 is 19.1 Å². The zero-order valence-electron chi connectivity index (χ0n) is 19.6. The Morgan fingerprint density at radius 2 is 1.76 bits per heavy atom. The van der Waals surface area contributed by atoms with Gasteiger partial charge in [-0.3, -0.25) is 0 Å². The summed E-state index contributed by atoms with van der Waals surface area (Å²) in [7, 11) is -3.29. The molecule has 0 heterocycles. The molecule has 0 aromatic heterocycles. The van der Waals surface area contributed by atoms with E-state index >= 15 is 0 Å². The summed E-state index contributed by atoms with van der Waals surface area (Å²) in [6, 6.07) is 7.33. The molecular formula is C23H29F3N2O5S. The number of methoxy groups -OCH3 is 1. The molecule has 1 N–H and O–H groups in total. The van der Waals surface area contributed by atoms with Gasteiger partial charge in [0.05, 0.1) is 12.7 Å². The van der Waals surface area contributed by atoms with Crippen LogP contribution in [0.4, 0.5) is 18.0 Å². The second-order valence-corrected chi connectivity index (χ2v) is 9.58. The maximum atomic E-state index is 13.0. The summed E-state index contributed by atoms with van der Waals surface area (Å²) in [5, 5.41) is 2.84. The fraction of sp³-hybridized carbons (Fsp3) is 0.435. The Kier molecular flexibility index (Phi) is 8.82. The summed E-state index contributed by atoms with van der Waals surface area (Å²) in [6.45, 7) is 7.65. The predicted molar refractivity (Wildman–Crippen MR) is 121 cm³/mol. The molecule has 0 unspecified atom stereocenters. The topological polar surface area (TPSA) is 84.9 Å². The molecule has 0 aliphatic carbocycles. The number of amides is 2. The minimum Gasteiger partial charge on any atom is -0.493 e. The number of hydrogen-bond acceptors (Lipinski definition) is 5. The van der Waals surface area contributed by atoms with Crippen LogP contribution in [0.2, 0.25) is 0 Å². The molecule has 0 saturated heterocycles. The number of nitrogens with one attached hydrogen (secondary N) is 1. The molecule has 1 atom stereocenters. The minimum absolute atomic E-state index is 0.0704. The number of urea groups is 1. The first-order valence-electron chi connectivity index (χ1n) is 10.6. The van der Waals surface area contributed by atoms with E-state index in [-0.39, 0.29) is 36.2 Å². The van der Waals surface area contributed by atoms with Gasteiger partial charge in [-0.25, -0.2) is 4.79 Å². The van der Waals surface area contributed by atoms with E-state index in [1.54, 1.807) is 11.0 Å². The van der Waals surface area contributed by atoms with Crippen molar-refractivity contribution >= 4 is 16.1 Å². The Balaban J connectivity index is 2.39. The highest BCUT2D eigenvalue weighted by Crippen LogP contribution is 2.34. The van der Waals surface area contributed by atoms with Gasteiger partial charge in [-0.15, -0.1) is 0 Å². The summed E-state index contributed by atoms with van der Waals surface area (Å²) >= 11 is 0. The maximum absolute atomic E-state index is 13.0. The zero-order chi connectivity index (χ0) is 25.7. The lowest BCUT2D eigenvalue weighted by Crippen LogP contribution is -2.46. The van der Waals surface area contributed by atoms with E-state index in [0.29, 0.717) is 18.1 Å². The number of halogens is 3. The summed E-state index contributed by atoms with van der Waals surface area (Å²) in [6.07, 6.45) is -4.02. The van der Waals surface area contributed by atoms with E-state index in [2.05, 4.69) is 5.32 Å². The van der Waals surface area contributed by atoms with Crippen LogP contribution in [0.3, 0.4) is 0 Å². The van der Waals surface area contributed by atoms with Gasteiger partial charge in [0, 0.05) is 18.6 Å². The first-order chi connectivity index (χ1) is 15.8. The van der Waals surface area contributed by atoms with Crippen LogP contribution >= 0.6 is 0 Å². The Hall–Kier alpha value is -2.95. The molecule has 0 saturated carbocycles. The molecule has 2 aromatic rings. The van der Waals surface area contributed by atoms with Gasteiger partial charge in [0.15, 0.2) is 11.5 Å². The normalized spacial score (nSPS) is 12.9. The van der Waals surface area contributed by atoms with E-state index in [1.807, 2.05) is 27.7 Å². The first-order valence-corrected chi connectivity index (χ1v) is 12.0. The standard InChI is InChI=1S/C23H29F3N2O5S/c1-6-16(4)28(22(29)27-15(2)3)14-17-10-11-20(32-5)21(12-17)33-34(30,31)19-9-7-8-18(13-19)23(24,25)26/h7-13,15-16H,6,14H2,1-5H3,(H,27,29)/t16-/m1/s1. The highest BCUT2D eigenvalue weighted by molar-refractivity contribution is 7.87. The van der Waals surface area contributed by atoms with Gasteiger partial charge in [-0.2, -0.15) is 21.6 Å². The van der Waals surface area contributed by atoms with Gasteiger partial charge >= 0.3 is 22.3 Å². The van der Waals surface area contributed by atoms with Crippen molar-refractivity contribution in [3.8, 4) is 11.5 Å². The lowest BCUT2D eigenvalue weighted by atomic mass is 10.1. The monoisotopic (exact) mass is 502 g/mol. The first kappa shape index (κ1) is 27.3. The summed E-state index contributed by atoms with van der Waals surface area (Å²) in [4.78, 5) is 13.6. The Bertz CT molecular complexity index is 1100. The number of carbonyl (C=O) groups excluding carboxylic acids is 1. The van der Waals surface area contributed by atoms with E-state index in [9.17, 15) is 26.4 Å². The molecule has 0 bridgehead atoms. The number of alkyl halides is 3. The molecule has 188 valence electrons. The summed E-state index contributed by atoms with van der Waals surface area (Å²) in [5.74, 6) is -0.133. The van der Waals surface area contributed by atoms with Crippen molar-refractivity contribution < 1.29 is 35.3 Å². The van der Waals surface area contributed by atoms with E-state index in [0.717, 1.165) is 18.2 Å². The largest absolute Gasteiger partial charge is 0.493 e. The minimum atomic E-state index is -4.71. The van der Waals surface area contributed by atoms with Crippen LogP contribution in [0.25, 0.3) is 0 Å². The van der Waals surface area contributed by atoms with Gasteiger partial charge in [0.2, 0.25) is 0 Å². The van der Waals surface area contributed by atoms with Crippen molar-refractivity contribution in [2.75, 3.05) is 7.11 Å². The molecule has 0 radical (unpaired) electrons. The molecule has 2 aromatic carbocycles. The third-order valence-corrected chi connectivity index (χ3v) is 6.26. The van der Waals surface area contributed by atoms with Crippen LogP contribution in [0.5, 0.6) is 11.5 Å². The number of ether oxygens (including phenoxy) is 1. The average Bonchev–Trinajstić information content (AvgIpc) is 2.76. The van der Waals surface area contributed by atoms with E-state index in [4.69, 9.17) is 8.92 Å². The van der Waals surface area contributed by atoms with E-state index < -0.39 is 26.8 Å². The Morgan fingerprint density at radius 3 is 2.32 bits per heavy atom. The highest BCUT2D eigenvalue weighted by Gasteiger charge is 2.32. The smallest absolute Gasteiger partial charge is 0.416 e. The van der Waals surface area contributed by atoms with Crippen LogP contribution in [-0.4, -0.2) is 38.5 Å². The molecule has 0 spiro atoms. The van der Waals surface area contributed by atoms with Gasteiger partial charge in [0.1, 0.15) is 4.90 Å². The van der Waals surface area contributed by atoms with Crippen molar-refractivity contribution in [1.29, 1.82) is 0 Å². The Morgan fingerprint density at radius 1 is 1.09 bits per heavy atom. The predicted octanol–water partition coefficient (Wildman–Crippen LogP) is 5.20. The van der Waals surface area contributed by atoms with E-state index in [1.165, 1.54) is 19.2 Å². The molecular weight excluding hydrogens is 473 g/mol. The van der Waals surface area contributed by atoms with Crippen molar-refractivity contribution in [2.24, 2.45) is 0 Å². The lowest BCUT2D eigenvalue weighted by Gasteiger charge is -2.30. The zero-order valence-corrected chi connectivity index (χ0v) is 20.5. The number of benzene rings is 2. The number of nitrogens with zero attached hydrogens (tertiary/aromatic N) is 1. The fourth-order valence-electron chi connectivity index (χ4n) is 3.05. The molecule has 2 amide bonds. The number of carbonyl (C=O) groups is 1.